The van der Waals surface area contributed by atoms with Crippen molar-refractivity contribution in [1.82, 2.24) is 9.80 Å². The smallest absolute Gasteiger partial charge is 0.127 e. The highest BCUT2D eigenvalue weighted by Gasteiger charge is 2.25. The number of hydrogen-bond acceptors (Lipinski definition) is 2. The summed E-state index contributed by atoms with van der Waals surface area (Å²) >= 11 is 5.88. The Bertz CT molecular complexity index is 383. The fraction of sp³-hybridized carbons (Fsp3) is 0.333. The molecule has 2 rings (SSSR count). The normalized spacial score (nSPS) is 20.8. The molecule has 1 aliphatic rings. The first-order chi connectivity index (χ1) is 7.09. The van der Waals surface area contributed by atoms with Gasteiger partial charge in [0.2, 0.25) is 0 Å². The van der Waals surface area contributed by atoms with Gasteiger partial charge >= 0.3 is 0 Å². The summed E-state index contributed by atoms with van der Waals surface area (Å²) in [6.45, 7) is 2.12. The highest BCUT2D eigenvalue weighted by atomic mass is 35.5. The van der Waals surface area contributed by atoms with E-state index in [-0.39, 0.29) is 0 Å². The molecule has 0 fully saturated rings. The van der Waals surface area contributed by atoms with Crippen molar-refractivity contribution in [3.63, 3.8) is 0 Å². The zero-order chi connectivity index (χ0) is 11.0. The van der Waals surface area contributed by atoms with Crippen molar-refractivity contribution in [1.29, 1.82) is 0 Å². The fourth-order valence-corrected chi connectivity index (χ4v) is 2.14. The highest BCUT2D eigenvalue weighted by Crippen LogP contribution is 2.32. The van der Waals surface area contributed by atoms with Gasteiger partial charge in [-0.3, -0.25) is 0 Å². The Labute approximate surface area is 95.7 Å². The maximum absolute atomic E-state index is 5.88. The summed E-state index contributed by atoms with van der Waals surface area (Å²) < 4.78 is 0. The molecular weight excluding hydrogens is 208 g/mol. The van der Waals surface area contributed by atoms with Gasteiger partial charge in [0.1, 0.15) is 6.17 Å². The number of benzene rings is 1. The summed E-state index contributed by atoms with van der Waals surface area (Å²) in [6.07, 6.45) is 2.45. The van der Waals surface area contributed by atoms with E-state index in [0.717, 1.165) is 5.02 Å². The molecule has 0 saturated heterocycles. The second-order valence-electron chi connectivity index (χ2n) is 3.97. The van der Waals surface area contributed by atoms with Gasteiger partial charge < -0.3 is 9.80 Å². The molecule has 1 unspecified atom stereocenters. The predicted octanol–water partition coefficient (Wildman–Crippen LogP) is 3.08. The molecule has 80 valence electrons. The van der Waals surface area contributed by atoms with Crippen LogP contribution in [0.25, 0.3) is 0 Å². The van der Waals surface area contributed by atoms with E-state index in [0.29, 0.717) is 6.17 Å². The van der Waals surface area contributed by atoms with Gasteiger partial charge in [-0.2, -0.15) is 0 Å². The maximum atomic E-state index is 5.88. The summed E-state index contributed by atoms with van der Waals surface area (Å²) in [5, 5.41) is 0.784. The van der Waals surface area contributed by atoms with Crippen LogP contribution in [0.3, 0.4) is 0 Å². The lowest BCUT2D eigenvalue weighted by Crippen LogP contribution is -2.26. The monoisotopic (exact) mass is 222 g/mol. The molecule has 1 aromatic rings. The summed E-state index contributed by atoms with van der Waals surface area (Å²) in [7, 11) is 4.20. The molecule has 0 N–H and O–H groups in total. The van der Waals surface area contributed by atoms with Crippen LogP contribution in [0, 0.1) is 0 Å². The van der Waals surface area contributed by atoms with E-state index in [4.69, 9.17) is 11.6 Å². The topological polar surface area (TPSA) is 6.48 Å². The molecule has 0 spiro atoms. The van der Waals surface area contributed by atoms with E-state index in [9.17, 15) is 0 Å². The van der Waals surface area contributed by atoms with Crippen molar-refractivity contribution >= 4 is 11.6 Å². The van der Waals surface area contributed by atoms with E-state index < -0.39 is 0 Å². The minimum Gasteiger partial charge on any atom is -0.355 e. The third-order valence-electron chi connectivity index (χ3n) is 2.87. The van der Waals surface area contributed by atoms with Crippen LogP contribution in [0.15, 0.2) is 36.2 Å². The molecule has 15 heavy (non-hydrogen) atoms. The molecule has 0 aromatic heterocycles. The lowest BCUT2D eigenvalue weighted by atomic mass is 10.1. The second kappa shape index (κ2) is 3.78. The molecule has 1 heterocycles. The number of halogens is 1. The van der Waals surface area contributed by atoms with E-state index in [1.54, 1.807) is 0 Å². The van der Waals surface area contributed by atoms with Gasteiger partial charge in [0, 0.05) is 31.0 Å². The predicted molar refractivity (Wildman–Crippen MR) is 63.5 cm³/mol. The molecule has 0 saturated carbocycles. The third kappa shape index (κ3) is 1.82. The minimum atomic E-state index is 0.294. The number of allylic oxidation sites excluding steroid dienone is 1. The summed E-state index contributed by atoms with van der Waals surface area (Å²) in [6, 6.07) is 8.03. The average Bonchev–Trinajstić information content (AvgIpc) is 2.44. The molecule has 1 aromatic carbocycles. The van der Waals surface area contributed by atoms with E-state index >= 15 is 0 Å². The van der Waals surface area contributed by atoms with Gasteiger partial charge in [-0.25, -0.2) is 0 Å². The van der Waals surface area contributed by atoms with E-state index in [2.05, 4.69) is 49.2 Å². The first-order valence-electron chi connectivity index (χ1n) is 4.98. The van der Waals surface area contributed by atoms with E-state index in [1.165, 1.54) is 11.3 Å². The van der Waals surface area contributed by atoms with Crippen LogP contribution >= 0.6 is 11.6 Å². The number of hydrogen-bond donors (Lipinski definition) is 0. The molecule has 1 atom stereocenters. The standard InChI is InChI=1S/C12H15ClN2/c1-9-8-14(2)12(15(9)3)10-4-6-11(13)7-5-10/h4-8,12H,1-3H3. The Morgan fingerprint density at radius 3 is 2.20 bits per heavy atom. The van der Waals surface area contributed by atoms with Gasteiger partial charge in [-0.1, -0.05) is 23.7 Å². The van der Waals surface area contributed by atoms with Crippen LogP contribution in [0.1, 0.15) is 18.7 Å². The molecule has 2 nitrogen and oxygen atoms in total. The first kappa shape index (κ1) is 10.4. The maximum Gasteiger partial charge on any atom is 0.127 e. The van der Waals surface area contributed by atoms with Crippen molar-refractivity contribution in [2.75, 3.05) is 14.1 Å². The summed E-state index contributed by atoms with van der Waals surface area (Å²) in [5.41, 5.74) is 2.54. The summed E-state index contributed by atoms with van der Waals surface area (Å²) in [4.78, 5) is 4.46. The molecule has 1 aliphatic heterocycles. The highest BCUT2D eigenvalue weighted by molar-refractivity contribution is 6.30. The Morgan fingerprint density at radius 2 is 1.73 bits per heavy atom. The van der Waals surface area contributed by atoms with Crippen LogP contribution in [-0.2, 0) is 0 Å². The molecule has 3 heteroatoms. The SMILES string of the molecule is CC1=CN(C)C(c2ccc(Cl)cc2)N1C. The Hall–Kier alpha value is -1.15. The summed E-state index contributed by atoms with van der Waals surface area (Å²) in [5.74, 6) is 0. The third-order valence-corrected chi connectivity index (χ3v) is 3.12. The second-order valence-corrected chi connectivity index (χ2v) is 4.41. The molecule has 0 amide bonds. The van der Waals surface area contributed by atoms with Crippen molar-refractivity contribution in [2.45, 2.75) is 13.1 Å². The number of rotatable bonds is 1. The van der Waals surface area contributed by atoms with Gasteiger partial charge in [-0.05, 0) is 24.6 Å². The van der Waals surface area contributed by atoms with Gasteiger partial charge in [-0.15, -0.1) is 0 Å². The average molecular weight is 223 g/mol. The van der Waals surface area contributed by atoms with Gasteiger partial charge in [0.25, 0.3) is 0 Å². The first-order valence-corrected chi connectivity index (χ1v) is 5.36. The van der Waals surface area contributed by atoms with Crippen LogP contribution in [-0.4, -0.2) is 23.9 Å². The lowest BCUT2D eigenvalue weighted by Gasteiger charge is -2.29. The van der Waals surface area contributed by atoms with Crippen LogP contribution < -0.4 is 0 Å². The van der Waals surface area contributed by atoms with Crippen molar-refractivity contribution in [3.05, 3.63) is 46.7 Å². The molecule has 0 bridgehead atoms. The molecule has 0 radical (unpaired) electrons. The van der Waals surface area contributed by atoms with Crippen molar-refractivity contribution < 1.29 is 0 Å². The Morgan fingerprint density at radius 1 is 1.13 bits per heavy atom. The van der Waals surface area contributed by atoms with Crippen LogP contribution in [0.4, 0.5) is 0 Å². The zero-order valence-electron chi connectivity index (χ0n) is 9.24. The molecule has 0 aliphatic carbocycles. The fourth-order valence-electron chi connectivity index (χ4n) is 2.02. The lowest BCUT2D eigenvalue weighted by molar-refractivity contribution is 0.200. The van der Waals surface area contributed by atoms with E-state index in [1.807, 2.05) is 12.1 Å². The molecular formula is C12H15ClN2. The van der Waals surface area contributed by atoms with Gasteiger partial charge in [0.05, 0.1) is 0 Å². The Kier molecular flexibility index (Phi) is 2.61. The van der Waals surface area contributed by atoms with Crippen LogP contribution in [0.5, 0.6) is 0 Å². The zero-order valence-corrected chi connectivity index (χ0v) is 9.99. The number of nitrogens with zero attached hydrogens (tertiary/aromatic N) is 2. The largest absolute Gasteiger partial charge is 0.355 e. The Balaban J connectivity index is 2.29. The van der Waals surface area contributed by atoms with Crippen molar-refractivity contribution in [3.8, 4) is 0 Å². The van der Waals surface area contributed by atoms with Gasteiger partial charge in [0.15, 0.2) is 0 Å². The quantitative estimate of drug-likeness (QED) is 0.721. The van der Waals surface area contributed by atoms with Crippen LogP contribution in [0.2, 0.25) is 5.02 Å². The van der Waals surface area contributed by atoms with Crippen molar-refractivity contribution in [2.24, 2.45) is 0 Å². The minimum absolute atomic E-state index is 0.294.